The number of Topliss-reactive ketones (excluding diaryl/α,β-unsaturated/α-hetero) is 1. The van der Waals surface area contributed by atoms with E-state index >= 15 is 0 Å². The van der Waals surface area contributed by atoms with Crippen molar-refractivity contribution in [2.45, 2.75) is 64.7 Å². The van der Waals surface area contributed by atoms with Crippen molar-refractivity contribution >= 4 is 5.78 Å². The molecular formula is C15H24O. The third-order valence-corrected chi connectivity index (χ3v) is 4.23. The molecule has 90 valence electrons. The number of carbonyl (C=O) groups excluding carboxylic acids is 1. The maximum Gasteiger partial charge on any atom is 0.158 e. The molecule has 1 unspecified atom stereocenters. The Bertz CT molecular complexity index is 271. The van der Waals surface area contributed by atoms with E-state index < -0.39 is 0 Å². The Labute approximate surface area is 99.3 Å². The minimum absolute atomic E-state index is 0.457. The van der Waals surface area contributed by atoms with E-state index in [4.69, 9.17) is 0 Å². The second-order valence-corrected chi connectivity index (χ2v) is 5.74. The fraction of sp³-hybridized carbons (Fsp3) is 0.800. The van der Waals surface area contributed by atoms with Crippen molar-refractivity contribution in [3.05, 3.63) is 11.6 Å². The highest BCUT2D eigenvalue weighted by atomic mass is 16.1. The molecule has 0 spiro atoms. The smallest absolute Gasteiger partial charge is 0.158 e. The second-order valence-electron chi connectivity index (χ2n) is 5.74. The Kier molecular flexibility index (Phi) is 4.20. The predicted molar refractivity (Wildman–Crippen MR) is 67.3 cm³/mol. The SMILES string of the molecule is CC1CC=C(C(=O)CC2CCCCC2)CC1. The average molecular weight is 220 g/mol. The quantitative estimate of drug-likeness (QED) is 0.694. The number of hydrogen-bond donors (Lipinski definition) is 0. The molecule has 0 saturated heterocycles. The molecule has 1 nitrogen and oxygen atoms in total. The van der Waals surface area contributed by atoms with Crippen LogP contribution in [-0.4, -0.2) is 5.78 Å². The average Bonchev–Trinajstić information content (AvgIpc) is 2.31. The van der Waals surface area contributed by atoms with Gasteiger partial charge in [0.25, 0.3) is 0 Å². The standard InChI is InChI=1S/C15H24O/c1-12-7-9-14(10-8-12)15(16)11-13-5-3-2-4-6-13/h9,12-13H,2-8,10-11H2,1H3. The highest BCUT2D eigenvalue weighted by molar-refractivity contribution is 5.95. The first kappa shape index (κ1) is 11.9. The number of carbonyl (C=O) groups is 1. The van der Waals surface area contributed by atoms with Gasteiger partial charge in [-0.25, -0.2) is 0 Å². The summed E-state index contributed by atoms with van der Waals surface area (Å²) in [5.74, 6) is 1.94. The summed E-state index contributed by atoms with van der Waals surface area (Å²) in [6.45, 7) is 2.28. The summed E-state index contributed by atoms with van der Waals surface area (Å²) in [6.07, 6.45) is 13.0. The molecule has 0 N–H and O–H groups in total. The highest BCUT2D eigenvalue weighted by Crippen LogP contribution is 2.30. The van der Waals surface area contributed by atoms with E-state index in [1.54, 1.807) is 0 Å². The van der Waals surface area contributed by atoms with Gasteiger partial charge in [0.05, 0.1) is 0 Å². The van der Waals surface area contributed by atoms with Crippen LogP contribution < -0.4 is 0 Å². The lowest BCUT2D eigenvalue weighted by Crippen LogP contribution is -2.15. The van der Waals surface area contributed by atoms with Gasteiger partial charge in [-0.15, -0.1) is 0 Å². The first-order chi connectivity index (χ1) is 7.75. The fourth-order valence-electron chi connectivity index (χ4n) is 3.00. The van der Waals surface area contributed by atoms with Crippen LogP contribution in [0.2, 0.25) is 0 Å². The van der Waals surface area contributed by atoms with Gasteiger partial charge >= 0.3 is 0 Å². The Morgan fingerprint density at radius 1 is 1.25 bits per heavy atom. The van der Waals surface area contributed by atoms with E-state index in [9.17, 15) is 4.79 Å². The van der Waals surface area contributed by atoms with Gasteiger partial charge in [0.1, 0.15) is 0 Å². The first-order valence-corrected chi connectivity index (χ1v) is 6.98. The van der Waals surface area contributed by atoms with Crippen LogP contribution in [0, 0.1) is 11.8 Å². The van der Waals surface area contributed by atoms with Crippen LogP contribution in [0.1, 0.15) is 64.7 Å². The molecule has 0 aromatic carbocycles. The molecule has 0 heterocycles. The topological polar surface area (TPSA) is 17.1 Å². The molecule has 2 aliphatic rings. The van der Waals surface area contributed by atoms with Crippen LogP contribution in [-0.2, 0) is 4.79 Å². The van der Waals surface area contributed by atoms with Gasteiger partial charge < -0.3 is 0 Å². The van der Waals surface area contributed by atoms with E-state index in [0.717, 1.165) is 30.8 Å². The Hall–Kier alpha value is -0.590. The third-order valence-electron chi connectivity index (χ3n) is 4.23. The van der Waals surface area contributed by atoms with Crippen molar-refractivity contribution in [1.82, 2.24) is 0 Å². The maximum absolute atomic E-state index is 12.1. The molecular weight excluding hydrogens is 196 g/mol. The van der Waals surface area contributed by atoms with E-state index in [2.05, 4.69) is 13.0 Å². The molecule has 0 aromatic heterocycles. The molecule has 0 amide bonds. The van der Waals surface area contributed by atoms with Crippen LogP contribution in [0.25, 0.3) is 0 Å². The van der Waals surface area contributed by atoms with Gasteiger partial charge in [0, 0.05) is 6.42 Å². The van der Waals surface area contributed by atoms with Crippen molar-refractivity contribution < 1.29 is 4.79 Å². The minimum Gasteiger partial charge on any atom is -0.295 e. The zero-order valence-corrected chi connectivity index (χ0v) is 10.5. The van der Waals surface area contributed by atoms with Gasteiger partial charge in [0.15, 0.2) is 5.78 Å². The third kappa shape index (κ3) is 3.20. The van der Waals surface area contributed by atoms with Crippen molar-refractivity contribution in [2.24, 2.45) is 11.8 Å². The highest BCUT2D eigenvalue weighted by Gasteiger charge is 2.21. The second kappa shape index (κ2) is 5.65. The van der Waals surface area contributed by atoms with Crippen LogP contribution >= 0.6 is 0 Å². The zero-order valence-electron chi connectivity index (χ0n) is 10.5. The monoisotopic (exact) mass is 220 g/mol. The van der Waals surface area contributed by atoms with Crippen molar-refractivity contribution in [3.63, 3.8) is 0 Å². The van der Waals surface area contributed by atoms with Gasteiger partial charge in [0.2, 0.25) is 0 Å². The van der Waals surface area contributed by atoms with Crippen molar-refractivity contribution in [2.75, 3.05) is 0 Å². The lowest BCUT2D eigenvalue weighted by molar-refractivity contribution is -0.116. The number of ketones is 1. The lowest BCUT2D eigenvalue weighted by Gasteiger charge is -2.23. The minimum atomic E-state index is 0.457. The zero-order chi connectivity index (χ0) is 11.4. The van der Waals surface area contributed by atoms with E-state index in [-0.39, 0.29) is 0 Å². The summed E-state index contributed by atoms with van der Waals surface area (Å²) in [5, 5.41) is 0. The summed E-state index contributed by atoms with van der Waals surface area (Å²) in [7, 11) is 0. The van der Waals surface area contributed by atoms with Crippen molar-refractivity contribution in [3.8, 4) is 0 Å². The molecule has 0 aliphatic heterocycles. The van der Waals surface area contributed by atoms with Gasteiger partial charge in [-0.3, -0.25) is 4.79 Å². The summed E-state index contributed by atoms with van der Waals surface area (Å²) < 4.78 is 0. The molecule has 2 rings (SSSR count). The van der Waals surface area contributed by atoms with Crippen molar-refractivity contribution in [1.29, 1.82) is 0 Å². The molecule has 1 saturated carbocycles. The van der Waals surface area contributed by atoms with Gasteiger partial charge in [-0.1, -0.05) is 45.1 Å². The summed E-state index contributed by atoms with van der Waals surface area (Å²) >= 11 is 0. The molecule has 1 fully saturated rings. The van der Waals surface area contributed by atoms with E-state index in [1.165, 1.54) is 38.5 Å². The Morgan fingerprint density at radius 2 is 2.00 bits per heavy atom. The largest absolute Gasteiger partial charge is 0.295 e. The molecule has 0 radical (unpaired) electrons. The van der Waals surface area contributed by atoms with Crippen LogP contribution in [0.4, 0.5) is 0 Å². The number of hydrogen-bond acceptors (Lipinski definition) is 1. The summed E-state index contributed by atoms with van der Waals surface area (Å²) in [4.78, 5) is 12.1. The Morgan fingerprint density at radius 3 is 2.62 bits per heavy atom. The Balaban J connectivity index is 1.83. The van der Waals surface area contributed by atoms with Gasteiger partial charge in [-0.2, -0.15) is 0 Å². The van der Waals surface area contributed by atoms with E-state index in [0.29, 0.717) is 11.7 Å². The molecule has 16 heavy (non-hydrogen) atoms. The molecule has 0 bridgehead atoms. The lowest BCUT2D eigenvalue weighted by atomic mass is 9.82. The van der Waals surface area contributed by atoms with E-state index in [1.807, 2.05) is 0 Å². The predicted octanol–water partition coefficient (Wildman–Crippen LogP) is 4.27. The first-order valence-electron chi connectivity index (χ1n) is 6.98. The normalized spacial score (nSPS) is 27.6. The van der Waals surface area contributed by atoms with Crippen LogP contribution in [0.5, 0.6) is 0 Å². The molecule has 1 heteroatoms. The molecule has 1 atom stereocenters. The van der Waals surface area contributed by atoms with Crippen LogP contribution in [0.3, 0.4) is 0 Å². The summed E-state index contributed by atoms with van der Waals surface area (Å²) in [6, 6.07) is 0. The molecule has 2 aliphatic carbocycles. The maximum atomic E-state index is 12.1. The van der Waals surface area contributed by atoms with Gasteiger partial charge in [-0.05, 0) is 36.7 Å². The number of rotatable bonds is 3. The molecule has 0 aromatic rings. The summed E-state index contributed by atoms with van der Waals surface area (Å²) in [5.41, 5.74) is 1.14. The fourth-order valence-corrected chi connectivity index (χ4v) is 3.00. The number of allylic oxidation sites excluding steroid dienone is 2. The van der Waals surface area contributed by atoms with Crippen LogP contribution in [0.15, 0.2) is 11.6 Å².